The summed E-state index contributed by atoms with van der Waals surface area (Å²) in [7, 11) is 0. The van der Waals surface area contributed by atoms with Gasteiger partial charge in [0.2, 0.25) is 0 Å². The Hall–Kier alpha value is -0.410. The molecule has 0 bridgehead atoms. The van der Waals surface area contributed by atoms with E-state index in [1.165, 1.54) is 44.3 Å². The van der Waals surface area contributed by atoms with Crippen LogP contribution in [0.2, 0.25) is 0 Å². The van der Waals surface area contributed by atoms with Crippen molar-refractivity contribution in [2.45, 2.75) is 38.6 Å². The molecule has 88 valence electrons. The van der Waals surface area contributed by atoms with Crippen LogP contribution in [0.15, 0.2) is 22.9 Å². The third-order valence-electron chi connectivity index (χ3n) is 3.31. The van der Waals surface area contributed by atoms with Crippen LogP contribution < -0.4 is 0 Å². The molecule has 0 aliphatic carbocycles. The standard InChI is InChI=1S/C13H19BrN2/c1-2-3-9-16-10-5-7-12(16)11-6-4-8-15-13(11)14/h4,6,8,12H,2-3,5,7,9-10H2,1H3/t12-/m1/s1. The normalized spacial score (nSPS) is 21.5. The monoisotopic (exact) mass is 282 g/mol. The Bertz CT molecular complexity index is 340. The number of hydrogen-bond donors (Lipinski definition) is 0. The van der Waals surface area contributed by atoms with Gasteiger partial charge in [0.25, 0.3) is 0 Å². The van der Waals surface area contributed by atoms with Crippen molar-refractivity contribution in [3.8, 4) is 0 Å². The zero-order valence-corrected chi connectivity index (χ0v) is 11.4. The van der Waals surface area contributed by atoms with Crippen molar-refractivity contribution in [3.63, 3.8) is 0 Å². The van der Waals surface area contributed by atoms with Crippen LogP contribution in [0.25, 0.3) is 0 Å². The molecular weight excluding hydrogens is 264 g/mol. The van der Waals surface area contributed by atoms with Crippen LogP contribution in [0.5, 0.6) is 0 Å². The Morgan fingerprint density at radius 3 is 3.19 bits per heavy atom. The van der Waals surface area contributed by atoms with Gasteiger partial charge in [-0.05, 0) is 54.3 Å². The lowest BCUT2D eigenvalue weighted by Crippen LogP contribution is -2.24. The van der Waals surface area contributed by atoms with E-state index >= 15 is 0 Å². The first-order valence-electron chi connectivity index (χ1n) is 6.17. The van der Waals surface area contributed by atoms with Crippen LogP contribution in [0.4, 0.5) is 0 Å². The summed E-state index contributed by atoms with van der Waals surface area (Å²) in [5.41, 5.74) is 1.36. The topological polar surface area (TPSA) is 16.1 Å². The fraction of sp³-hybridized carbons (Fsp3) is 0.615. The minimum atomic E-state index is 0.578. The number of hydrogen-bond acceptors (Lipinski definition) is 2. The van der Waals surface area contributed by atoms with E-state index in [9.17, 15) is 0 Å². The maximum Gasteiger partial charge on any atom is 0.110 e. The molecule has 0 unspecified atom stereocenters. The van der Waals surface area contributed by atoms with Crippen molar-refractivity contribution in [2.24, 2.45) is 0 Å². The molecular formula is C13H19BrN2. The predicted molar refractivity (Wildman–Crippen MR) is 70.4 cm³/mol. The Balaban J connectivity index is 2.10. The lowest BCUT2D eigenvalue weighted by Gasteiger charge is -2.25. The van der Waals surface area contributed by atoms with Gasteiger partial charge in [-0.25, -0.2) is 4.98 Å². The Morgan fingerprint density at radius 2 is 2.44 bits per heavy atom. The van der Waals surface area contributed by atoms with E-state index in [4.69, 9.17) is 0 Å². The highest BCUT2D eigenvalue weighted by Crippen LogP contribution is 2.34. The Kier molecular flexibility index (Phi) is 4.36. The van der Waals surface area contributed by atoms with Gasteiger partial charge >= 0.3 is 0 Å². The van der Waals surface area contributed by atoms with Crippen molar-refractivity contribution in [2.75, 3.05) is 13.1 Å². The number of rotatable bonds is 4. The molecule has 3 heteroatoms. The quantitative estimate of drug-likeness (QED) is 0.782. The molecule has 1 aromatic heterocycles. The first-order valence-corrected chi connectivity index (χ1v) is 6.96. The van der Waals surface area contributed by atoms with Gasteiger partial charge in [0.05, 0.1) is 0 Å². The zero-order valence-electron chi connectivity index (χ0n) is 9.82. The fourth-order valence-electron chi connectivity index (χ4n) is 2.45. The number of likely N-dealkylation sites (tertiary alicyclic amines) is 1. The van der Waals surface area contributed by atoms with Crippen LogP contribution >= 0.6 is 15.9 Å². The number of aromatic nitrogens is 1. The smallest absolute Gasteiger partial charge is 0.110 e. The molecule has 0 radical (unpaired) electrons. The number of nitrogens with zero attached hydrogens (tertiary/aromatic N) is 2. The predicted octanol–water partition coefficient (Wildman–Crippen LogP) is 3.78. The van der Waals surface area contributed by atoms with Crippen molar-refractivity contribution >= 4 is 15.9 Å². The van der Waals surface area contributed by atoms with Crippen molar-refractivity contribution < 1.29 is 0 Å². The van der Waals surface area contributed by atoms with Gasteiger partial charge in [0, 0.05) is 17.8 Å². The molecule has 0 amide bonds. The van der Waals surface area contributed by atoms with Gasteiger partial charge in [0.15, 0.2) is 0 Å². The van der Waals surface area contributed by atoms with E-state index < -0.39 is 0 Å². The van der Waals surface area contributed by atoms with Gasteiger partial charge in [-0.3, -0.25) is 4.90 Å². The van der Waals surface area contributed by atoms with Crippen LogP contribution in [0.3, 0.4) is 0 Å². The Morgan fingerprint density at radius 1 is 1.56 bits per heavy atom. The first kappa shape index (κ1) is 12.1. The van der Waals surface area contributed by atoms with Crippen LogP contribution in [-0.2, 0) is 0 Å². The zero-order chi connectivity index (χ0) is 11.4. The van der Waals surface area contributed by atoms with E-state index in [-0.39, 0.29) is 0 Å². The molecule has 1 saturated heterocycles. The number of unbranched alkanes of at least 4 members (excludes halogenated alkanes) is 1. The molecule has 2 nitrogen and oxygen atoms in total. The average molecular weight is 283 g/mol. The number of pyridine rings is 1. The van der Waals surface area contributed by atoms with Crippen LogP contribution in [0, 0.1) is 0 Å². The molecule has 0 aromatic carbocycles. The second kappa shape index (κ2) is 5.78. The molecule has 1 aromatic rings. The molecule has 0 N–H and O–H groups in total. The summed E-state index contributed by atoms with van der Waals surface area (Å²) < 4.78 is 1.02. The van der Waals surface area contributed by atoms with Gasteiger partial charge < -0.3 is 0 Å². The first-order chi connectivity index (χ1) is 7.83. The summed E-state index contributed by atoms with van der Waals surface area (Å²) in [6.45, 7) is 4.72. The van der Waals surface area contributed by atoms with Gasteiger partial charge in [-0.1, -0.05) is 19.4 Å². The number of halogens is 1. The van der Waals surface area contributed by atoms with Crippen LogP contribution in [0.1, 0.15) is 44.2 Å². The SMILES string of the molecule is CCCCN1CCC[C@@H]1c1cccnc1Br. The van der Waals surface area contributed by atoms with Gasteiger partial charge in [0.1, 0.15) is 4.60 Å². The van der Waals surface area contributed by atoms with E-state index in [0.29, 0.717) is 6.04 Å². The molecule has 0 saturated carbocycles. The highest BCUT2D eigenvalue weighted by atomic mass is 79.9. The second-order valence-electron chi connectivity index (χ2n) is 4.43. The summed E-state index contributed by atoms with van der Waals surface area (Å²) in [4.78, 5) is 6.93. The average Bonchev–Trinajstić information content (AvgIpc) is 2.75. The molecule has 0 spiro atoms. The third-order valence-corrected chi connectivity index (χ3v) is 3.97. The minimum absolute atomic E-state index is 0.578. The summed E-state index contributed by atoms with van der Waals surface area (Å²) in [5, 5.41) is 0. The van der Waals surface area contributed by atoms with E-state index in [1.54, 1.807) is 0 Å². The second-order valence-corrected chi connectivity index (χ2v) is 5.18. The maximum atomic E-state index is 4.33. The van der Waals surface area contributed by atoms with E-state index in [2.05, 4.69) is 38.8 Å². The summed E-state index contributed by atoms with van der Waals surface area (Å²) >= 11 is 3.56. The van der Waals surface area contributed by atoms with Crippen molar-refractivity contribution in [1.82, 2.24) is 9.88 Å². The molecule has 1 aliphatic heterocycles. The molecule has 2 rings (SSSR count). The minimum Gasteiger partial charge on any atom is -0.296 e. The van der Waals surface area contributed by atoms with E-state index in [0.717, 1.165) is 4.60 Å². The maximum absolute atomic E-state index is 4.33. The fourth-order valence-corrected chi connectivity index (χ4v) is 2.97. The van der Waals surface area contributed by atoms with Crippen molar-refractivity contribution in [3.05, 3.63) is 28.5 Å². The molecule has 1 aliphatic rings. The summed E-state index contributed by atoms with van der Waals surface area (Å²) in [6, 6.07) is 4.82. The molecule has 2 heterocycles. The van der Waals surface area contributed by atoms with E-state index in [1.807, 2.05) is 12.3 Å². The van der Waals surface area contributed by atoms with Gasteiger partial charge in [-0.2, -0.15) is 0 Å². The summed E-state index contributed by atoms with van der Waals surface area (Å²) in [5.74, 6) is 0. The van der Waals surface area contributed by atoms with Gasteiger partial charge in [-0.15, -0.1) is 0 Å². The molecule has 1 atom stereocenters. The third kappa shape index (κ3) is 2.64. The van der Waals surface area contributed by atoms with Crippen LogP contribution in [-0.4, -0.2) is 23.0 Å². The lowest BCUT2D eigenvalue weighted by atomic mass is 10.1. The lowest BCUT2D eigenvalue weighted by molar-refractivity contribution is 0.252. The Labute approximate surface area is 106 Å². The molecule has 1 fully saturated rings. The van der Waals surface area contributed by atoms with Crippen molar-refractivity contribution in [1.29, 1.82) is 0 Å². The highest BCUT2D eigenvalue weighted by molar-refractivity contribution is 9.10. The molecule has 16 heavy (non-hydrogen) atoms. The largest absolute Gasteiger partial charge is 0.296 e. The highest BCUT2D eigenvalue weighted by Gasteiger charge is 2.26. The summed E-state index contributed by atoms with van der Waals surface area (Å²) in [6.07, 6.45) is 7.01.